The van der Waals surface area contributed by atoms with Crippen molar-refractivity contribution >= 4 is 0 Å². The Labute approximate surface area is 68.1 Å². The molecule has 4 nitrogen and oxygen atoms in total. The Morgan fingerprint density at radius 2 is 2.09 bits per heavy atom. The van der Waals surface area contributed by atoms with E-state index in [0.29, 0.717) is 6.17 Å². The number of hydrogen-bond acceptors (Lipinski definition) is 4. The Hall–Kier alpha value is -0.160. The van der Waals surface area contributed by atoms with Crippen molar-refractivity contribution in [1.29, 1.82) is 0 Å². The molecule has 1 rings (SSSR count). The molecule has 4 N–H and O–H groups in total. The van der Waals surface area contributed by atoms with Gasteiger partial charge in [0.25, 0.3) is 0 Å². The summed E-state index contributed by atoms with van der Waals surface area (Å²) in [5.74, 6) is 0. The third-order valence-corrected chi connectivity index (χ3v) is 1.87. The van der Waals surface area contributed by atoms with Crippen molar-refractivity contribution in [2.75, 3.05) is 26.9 Å². The molecule has 0 unspecified atom stereocenters. The second-order valence-electron chi connectivity index (χ2n) is 2.81. The first-order valence-corrected chi connectivity index (χ1v) is 4.25. The van der Waals surface area contributed by atoms with Crippen molar-refractivity contribution in [1.82, 2.24) is 21.3 Å². The van der Waals surface area contributed by atoms with E-state index < -0.39 is 0 Å². The van der Waals surface area contributed by atoms with Crippen LogP contribution < -0.4 is 21.3 Å². The predicted molar refractivity (Wildman–Crippen MR) is 46.1 cm³/mol. The summed E-state index contributed by atoms with van der Waals surface area (Å²) in [6, 6.07) is 0. The van der Waals surface area contributed by atoms with Crippen LogP contribution in [-0.4, -0.2) is 33.1 Å². The summed E-state index contributed by atoms with van der Waals surface area (Å²) in [4.78, 5) is 0. The average Bonchev–Trinajstić information content (AvgIpc) is 2.07. The van der Waals surface area contributed by atoms with E-state index in [1.54, 1.807) is 0 Å². The van der Waals surface area contributed by atoms with Crippen LogP contribution in [0.3, 0.4) is 0 Å². The van der Waals surface area contributed by atoms with E-state index in [9.17, 15) is 0 Å². The summed E-state index contributed by atoms with van der Waals surface area (Å²) in [6.07, 6.45) is 2.92. The number of hydrogen-bond donors (Lipinski definition) is 4. The molecular formula is C7H18N4. The van der Waals surface area contributed by atoms with Crippen LogP contribution in [0.4, 0.5) is 0 Å². The molecular weight excluding hydrogens is 140 g/mol. The van der Waals surface area contributed by atoms with Gasteiger partial charge >= 0.3 is 0 Å². The molecule has 1 fully saturated rings. The zero-order valence-electron chi connectivity index (χ0n) is 7.11. The highest BCUT2D eigenvalue weighted by molar-refractivity contribution is 4.67. The maximum atomic E-state index is 3.33. The Morgan fingerprint density at radius 1 is 1.36 bits per heavy atom. The van der Waals surface area contributed by atoms with Crippen molar-refractivity contribution < 1.29 is 0 Å². The van der Waals surface area contributed by atoms with Gasteiger partial charge in [-0.05, 0) is 26.4 Å². The van der Waals surface area contributed by atoms with E-state index in [1.807, 2.05) is 7.05 Å². The number of nitrogens with one attached hydrogen (secondary N) is 4. The normalized spacial score (nSPS) is 20.5. The lowest BCUT2D eigenvalue weighted by molar-refractivity contribution is 0.316. The molecule has 0 aromatic rings. The van der Waals surface area contributed by atoms with Crippen LogP contribution in [0, 0.1) is 0 Å². The Kier molecular flexibility index (Phi) is 4.45. The van der Waals surface area contributed by atoms with Gasteiger partial charge in [0.2, 0.25) is 0 Å². The van der Waals surface area contributed by atoms with E-state index in [1.165, 1.54) is 12.8 Å². The molecule has 1 heterocycles. The topological polar surface area (TPSA) is 48.1 Å². The molecule has 0 bridgehead atoms. The minimum absolute atomic E-state index is 0.504. The van der Waals surface area contributed by atoms with Crippen LogP contribution in [0.25, 0.3) is 0 Å². The fourth-order valence-corrected chi connectivity index (χ4v) is 1.21. The lowest BCUT2D eigenvalue weighted by atomic mass is 10.2. The van der Waals surface area contributed by atoms with Crippen LogP contribution in [0.15, 0.2) is 0 Å². The van der Waals surface area contributed by atoms with Crippen molar-refractivity contribution in [2.24, 2.45) is 0 Å². The molecule has 66 valence electrons. The zero-order valence-corrected chi connectivity index (χ0v) is 7.11. The lowest BCUT2D eigenvalue weighted by Gasteiger charge is -2.25. The molecule has 0 spiro atoms. The van der Waals surface area contributed by atoms with Gasteiger partial charge in [-0.3, -0.25) is 16.0 Å². The molecule has 0 saturated carbocycles. The quantitative estimate of drug-likeness (QED) is 0.397. The van der Waals surface area contributed by atoms with Crippen molar-refractivity contribution in [3.63, 3.8) is 0 Å². The van der Waals surface area contributed by atoms with E-state index in [0.717, 1.165) is 19.9 Å². The second-order valence-corrected chi connectivity index (χ2v) is 2.81. The van der Waals surface area contributed by atoms with Gasteiger partial charge in [0.15, 0.2) is 0 Å². The van der Waals surface area contributed by atoms with Gasteiger partial charge in [-0.15, -0.1) is 0 Å². The third kappa shape index (κ3) is 3.67. The molecule has 1 aliphatic heterocycles. The summed E-state index contributed by atoms with van der Waals surface area (Å²) < 4.78 is 0. The van der Waals surface area contributed by atoms with Gasteiger partial charge in [-0.25, -0.2) is 0 Å². The summed E-state index contributed by atoms with van der Waals surface area (Å²) in [7, 11) is 1.99. The van der Waals surface area contributed by atoms with Crippen molar-refractivity contribution in [3.8, 4) is 0 Å². The largest absolute Gasteiger partial charge is 0.320 e. The first kappa shape index (κ1) is 8.93. The minimum atomic E-state index is 0.504. The zero-order chi connectivity index (χ0) is 7.94. The summed E-state index contributed by atoms with van der Waals surface area (Å²) in [5.41, 5.74) is 0. The Morgan fingerprint density at radius 3 is 2.73 bits per heavy atom. The van der Waals surface area contributed by atoms with E-state index in [4.69, 9.17) is 0 Å². The van der Waals surface area contributed by atoms with Crippen LogP contribution in [0.1, 0.15) is 12.8 Å². The molecule has 0 radical (unpaired) electrons. The van der Waals surface area contributed by atoms with Crippen LogP contribution >= 0.6 is 0 Å². The van der Waals surface area contributed by atoms with Gasteiger partial charge in [0.05, 0.1) is 6.17 Å². The SMILES string of the molecule is CNCCCC1NCNCN1. The maximum Gasteiger partial charge on any atom is 0.0591 e. The standard InChI is InChI=1S/C7H18N4/c1-8-4-2-3-7-10-5-9-6-11-7/h7-11H,2-6H2,1H3. The lowest BCUT2D eigenvalue weighted by Crippen LogP contribution is -2.55. The van der Waals surface area contributed by atoms with Crippen molar-refractivity contribution in [2.45, 2.75) is 19.0 Å². The fourth-order valence-electron chi connectivity index (χ4n) is 1.21. The highest BCUT2D eigenvalue weighted by atomic mass is 15.3. The number of rotatable bonds is 4. The fraction of sp³-hybridized carbons (Fsp3) is 1.00. The highest BCUT2D eigenvalue weighted by Crippen LogP contribution is 1.93. The van der Waals surface area contributed by atoms with Gasteiger partial charge in [0.1, 0.15) is 0 Å². The first-order chi connectivity index (χ1) is 5.43. The minimum Gasteiger partial charge on any atom is -0.320 e. The first-order valence-electron chi connectivity index (χ1n) is 4.25. The second kappa shape index (κ2) is 5.49. The third-order valence-electron chi connectivity index (χ3n) is 1.87. The molecule has 0 aliphatic carbocycles. The van der Waals surface area contributed by atoms with Gasteiger partial charge in [-0.2, -0.15) is 0 Å². The monoisotopic (exact) mass is 158 g/mol. The Bertz CT molecular complexity index is 90.4. The average molecular weight is 158 g/mol. The summed E-state index contributed by atoms with van der Waals surface area (Å²) in [5, 5.41) is 13.0. The molecule has 1 saturated heterocycles. The van der Waals surface area contributed by atoms with E-state index >= 15 is 0 Å². The molecule has 0 amide bonds. The van der Waals surface area contributed by atoms with Gasteiger partial charge in [0, 0.05) is 13.3 Å². The van der Waals surface area contributed by atoms with Crippen LogP contribution in [0.2, 0.25) is 0 Å². The molecule has 0 aromatic heterocycles. The summed E-state index contributed by atoms with van der Waals surface area (Å²) in [6.45, 7) is 2.96. The predicted octanol–water partition coefficient (Wildman–Crippen LogP) is -0.990. The molecule has 0 aromatic carbocycles. The Balaban J connectivity index is 1.96. The van der Waals surface area contributed by atoms with Crippen molar-refractivity contribution in [3.05, 3.63) is 0 Å². The van der Waals surface area contributed by atoms with Crippen LogP contribution in [0.5, 0.6) is 0 Å². The molecule has 4 heteroatoms. The van der Waals surface area contributed by atoms with E-state index in [2.05, 4.69) is 21.3 Å². The smallest absolute Gasteiger partial charge is 0.0591 e. The molecule has 11 heavy (non-hydrogen) atoms. The summed E-state index contributed by atoms with van der Waals surface area (Å²) >= 11 is 0. The van der Waals surface area contributed by atoms with E-state index in [-0.39, 0.29) is 0 Å². The molecule has 1 aliphatic rings. The highest BCUT2D eigenvalue weighted by Gasteiger charge is 2.08. The van der Waals surface area contributed by atoms with Gasteiger partial charge in [-0.1, -0.05) is 0 Å². The molecule has 0 atom stereocenters. The maximum absolute atomic E-state index is 3.33. The van der Waals surface area contributed by atoms with Crippen LogP contribution in [-0.2, 0) is 0 Å². The van der Waals surface area contributed by atoms with Gasteiger partial charge < -0.3 is 5.32 Å².